The average Bonchev–Trinajstić information content (AvgIpc) is 3.32. The van der Waals surface area contributed by atoms with Crippen LogP contribution >= 0.6 is 11.3 Å². The molecule has 0 bridgehead atoms. The summed E-state index contributed by atoms with van der Waals surface area (Å²) in [6.07, 6.45) is -1.59. The molecule has 12 heteroatoms. The highest BCUT2D eigenvalue weighted by molar-refractivity contribution is 7.11. The smallest absolute Gasteiger partial charge is 0.433 e. The predicted octanol–water partition coefficient (Wildman–Crippen LogP) is 4.52. The first-order chi connectivity index (χ1) is 17.5. The summed E-state index contributed by atoms with van der Waals surface area (Å²) in [6, 6.07) is 11.7. The van der Waals surface area contributed by atoms with Crippen LogP contribution in [0.3, 0.4) is 0 Å². The van der Waals surface area contributed by atoms with Crippen molar-refractivity contribution < 1.29 is 33.3 Å². The molecule has 0 aliphatic rings. The number of aryl methyl sites for hydroxylation is 1. The molecule has 2 heterocycles. The number of carboxylic acids is 1. The van der Waals surface area contributed by atoms with E-state index in [1.165, 1.54) is 35.6 Å². The SMILES string of the molecule is Cc1cc(Cc2cnc([C@@](O)(CO)c3ccc(C(=O)O)cc3)s2)cc(Nc2nccc(C(F)(F)F)n2)c1. The van der Waals surface area contributed by atoms with Crippen LogP contribution in [0.4, 0.5) is 24.8 Å². The number of nitrogens with zero attached hydrogens (tertiary/aromatic N) is 3. The van der Waals surface area contributed by atoms with E-state index in [4.69, 9.17) is 5.11 Å². The van der Waals surface area contributed by atoms with Crippen LogP contribution in [-0.2, 0) is 18.2 Å². The van der Waals surface area contributed by atoms with Crippen molar-refractivity contribution in [1.29, 1.82) is 0 Å². The third kappa shape index (κ3) is 5.93. The molecule has 0 radical (unpaired) electrons. The van der Waals surface area contributed by atoms with Crippen molar-refractivity contribution in [3.8, 4) is 0 Å². The van der Waals surface area contributed by atoms with E-state index >= 15 is 0 Å². The molecule has 8 nitrogen and oxygen atoms in total. The Morgan fingerprint density at radius 2 is 1.81 bits per heavy atom. The van der Waals surface area contributed by atoms with Gasteiger partial charge in [-0.2, -0.15) is 13.2 Å². The van der Waals surface area contributed by atoms with Gasteiger partial charge in [-0.05, 0) is 53.9 Å². The highest BCUT2D eigenvalue weighted by Gasteiger charge is 2.35. The molecule has 0 saturated heterocycles. The van der Waals surface area contributed by atoms with Gasteiger partial charge in [0.25, 0.3) is 0 Å². The summed E-state index contributed by atoms with van der Waals surface area (Å²) in [5.41, 5.74) is -0.356. The first-order valence-electron chi connectivity index (χ1n) is 10.9. The Kier molecular flexibility index (Phi) is 7.25. The number of benzene rings is 2. The number of hydrogen-bond acceptors (Lipinski definition) is 8. The third-order valence-corrected chi connectivity index (χ3v) is 6.61. The maximum absolute atomic E-state index is 13.0. The molecule has 4 aromatic rings. The van der Waals surface area contributed by atoms with Crippen molar-refractivity contribution in [3.05, 3.63) is 98.8 Å². The second-order valence-corrected chi connectivity index (χ2v) is 9.42. The monoisotopic (exact) mass is 530 g/mol. The molecule has 0 aliphatic carbocycles. The summed E-state index contributed by atoms with van der Waals surface area (Å²) in [5, 5.41) is 33.2. The van der Waals surface area contributed by atoms with E-state index in [1.54, 1.807) is 18.3 Å². The Balaban J connectivity index is 1.55. The number of aromatic nitrogens is 3. The zero-order valence-corrected chi connectivity index (χ0v) is 20.1. The number of hydrogen-bond donors (Lipinski definition) is 4. The Hall–Kier alpha value is -3.87. The maximum atomic E-state index is 13.0. The normalized spacial score (nSPS) is 13.2. The van der Waals surface area contributed by atoms with Crippen LogP contribution in [0.2, 0.25) is 0 Å². The van der Waals surface area contributed by atoms with Gasteiger partial charge in [0.1, 0.15) is 10.7 Å². The van der Waals surface area contributed by atoms with Gasteiger partial charge in [0.15, 0.2) is 5.60 Å². The summed E-state index contributed by atoms with van der Waals surface area (Å²) in [7, 11) is 0. The van der Waals surface area contributed by atoms with E-state index in [0.717, 1.165) is 28.3 Å². The van der Waals surface area contributed by atoms with Gasteiger partial charge < -0.3 is 20.6 Å². The molecule has 0 saturated carbocycles. The first-order valence-corrected chi connectivity index (χ1v) is 11.7. The number of thiazole rings is 1. The molecule has 0 spiro atoms. The fraction of sp³-hybridized carbons (Fsp3) is 0.200. The summed E-state index contributed by atoms with van der Waals surface area (Å²) in [5.74, 6) is -1.30. The zero-order chi connectivity index (χ0) is 26.8. The number of rotatable bonds is 8. The van der Waals surface area contributed by atoms with Crippen LogP contribution in [0.1, 0.15) is 42.6 Å². The minimum absolute atomic E-state index is 0.0447. The van der Waals surface area contributed by atoms with Crippen LogP contribution in [0.25, 0.3) is 0 Å². The molecule has 4 N–H and O–H groups in total. The van der Waals surface area contributed by atoms with Gasteiger partial charge in [0.05, 0.1) is 12.2 Å². The number of carbonyl (C=O) groups is 1. The summed E-state index contributed by atoms with van der Waals surface area (Å²) in [6.45, 7) is 1.17. The Bertz CT molecular complexity index is 1430. The van der Waals surface area contributed by atoms with Crippen LogP contribution < -0.4 is 5.32 Å². The van der Waals surface area contributed by atoms with Gasteiger partial charge in [-0.3, -0.25) is 0 Å². The van der Waals surface area contributed by atoms with E-state index in [-0.39, 0.29) is 16.5 Å². The van der Waals surface area contributed by atoms with Crippen molar-refractivity contribution in [3.63, 3.8) is 0 Å². The second-order valence-electron chi connectivity index (χ2n) is 8.30. The topological polar surface area (TPSA) is 128 Å². The molecule has 0 unspecified atom stereocenters. The number of aliphatic hydroxyl groups is 2. The largest absolute Gasteiger partial charge is 0.478 e. The lowest BCUT2D eigenvalue weighted by Crippen LogP contribution is -2.31. The number of aromatic carboxylic acids is 1. The van der Waals surface area contributed by atoms with Crippen LogP contribution in [0.5, 0.6) is 0 Å². The quantitative estimate of drug-likeness (QED) is 0.262. The number of halogens is 3. The van der Waals surface area contributed by atoms with Crippen molar-refractivity contribution in [2.24, 2.45) is 0 Å². The lowest BCUT2D eigenvalue weighted by Gasteiger charge is -2.24. The summed E-state index contributed by atoms with van der Waals surface area (Å²) < 4.78 is 38.9. The number of aliphatic hydroxyl groups excluding tert-OH is 1. The molecule has 192 valence electrons. The van der Waals surface area contributed by atoms with Crippen molar-refractivity contribution >= 4 is 28.9 Å². The Labute approximate surface area is 213 Å². The van der Waals surface area contributed by atoms with Crippen LogP contribution in [0, 0.1) is 6.92 Å². The van der Waals surface area contributed by atoms with Crippen LogP contribution in [0.15, 0.2) is 60.9 Å². The molecule has 4 rings (SSSR count). The third-order valence-electron chi connectivity index (χ3n) is 5.46. The van der Waals surface area contributed by atoms with Crippen molar-refractivity contribution in [2.45, 2.75) is 25.1 Å². The fourth-order valence-corrected chi connectivity index (χ4v) is 4.74. The number of carboxylic acid groups (broad SMARTS) is 1. The van der Waals surface area contributed by atoms with E-state index in [9.17, 15) is 28.2 Å². The van der Waals surface area contributed by atoms with E-state index < -0.39 is 30.0 Å². The van der Waals surface area contributed by atoms with E-state index in [1.807, 2.05) is 13.0 Å². The molecular formula is C25H21F3N4O4S. The fourth-order valence-electron chi connectivity index (χ4n) is 3.70. The Morgan fingerprint density at radius 1 is 1.08 bits per heavy atom. The summed E-state index contributed by atoms with van der Waals surface area (Å²) in [4.78, 5) is 23.5. The number of anilines is 2. The number of nitrogens with one attached hydrogen (secondary N) is 1. The zero-order valence-electron chi connectivity index (χ0n) is 19.3. The van der Waals surface area contributed by atoms with Gasteiger partial charge in [0.2, 0.25) is 5.95 Å². The molecular weight excluding hydrogens is 509 g/mol. The second kappa shape index (κ2) is 10.2. The van der Waals surface area contributed by atoms with Crippen molar-refractivity contribution in [1.82, 2.24) is 15.0 Å². The van der Waals surface area contributed by atoms with E-state index in [2.05, 4.69) is 20.3 Å². The van der Waals surface area contributed by atoms with E-state index in [0.29, 0.717) is 17.7 Å². The van der Waals surface area contributed by atoms with Crippen molar-refractivity contribution in [2.75, 3.05) is 11.9 Å². The highest BCUT2D eigenvalue weighted by Crippen LogP contribution is 2.34. The van der Waals surface area contributed by atoms with Gasteiger partial charge in [-0.15, -0.1) is 11.3 Å². The average molecular weight is 531 g/mol. The predicted molar refractivity (Wildman–Crippen MR) is 130 cm³/mol. The Morgan fingerprint density at radius 3 is 2.46 bits per heavy atom. The molecule has 2 aromatic heterocycles. The molecule has 1 atom stereocenters. The van der Waals surface area contributed by atoms with Crippen LogP contribution in [-0.4, -0.2) is 42.8 Å². The van der Waals surface area contributed by atoms with Gasteiger partial charge in [-0.1, -0.05) is 18.2 Å². The molecule has 0 fully saturated rings. The summed E-state index contributed by atoms with van der Waals surface area (Å²) >= 11 is 1.18. The number of alkyl halides is 3. The highest BCUT2D eigenvalue weighted by atomic mass is 32.1. The first kappa shape index (κ1) is 26.2. The molecule has 2 aromatic carbocycles. The van der Waals surface area contributed by atoms with Gasteiger partial charge in [-0.25, -0.2) is 19.7 Å². The van der Waals surface area contributed by atoms with Gasteiger partial charge >= 0.3 is 12.1 Å². The molecule has 37 heavy (non-hydrogen) atoms. The minimum atomic E-state index is -4.59. The van der Waals surface area contributed by atoms with Gasteiger partial charge in [0, 0.05) is 29.4 Å². The lowest BCUT2D eigenvalue weighted by molar-refractivity contribution is -0.141. The standard InChI is InChI=1S/C25H21F3N4O4S/c1-14-8-15(10-18(9-14)31-23-29-7-6-20(32-23)25(26,27)28)11-19-12-30-22(37-19)24(36,13-33)17-4-2-16(3-5-17)21(34)35/h2-10,12,33,36H,11,13H2,1H3,(H,34,35)(H,29,31,32)/t24-/m1/s1. The minimum Gasteiger partial charge on any atom is -0.478 e. The molecule has 0 aliphatic heterocycles. The maximum Gasteiger partial charge on any atom is 0.433 e. The lowest BCUT2D eigenvalue weighted by atomic mass is 9.94. The molecule has 0 amide bonds.